The molecule has 1 heterocycles. The molecule has 0 bridgehead atoms. The van der Waals surface area contributed by atoms with Crippen molar-refractivity contribution in [3.63, 3.8) is 0 Å². The van der Waals surface area contributed by atoms with Crippen LogP contribution in [0.15, 0.2) is 137 Å². The summed E-state index contributed by atoms with van der Waals surface area (Å²) in [6.45, 7) is 3.80. The highest BCUT2D eigenvalue weighted by atomic mass is 32.2. The molecule has 1 aliphatic rings. The topological polar surface area (TPSA) is 143 Å². The van der Waals surface area contributed by atoms with E-state index in [4.69, 9.17) is 9.47 Å². The van der Waals surface area contributed by atoms with E-state index in [0.29, 0.717) is 22.7 Å². The highest BCUT2D eigenvalue weighted by molar-refractivity contribution is 7.93. The minimum Gasteiger partial charge on any atom is -0.495 e. The molecule has 6 rings (SSSR count). The Labute approximate surface area is 297 Å². The first-order valence-corrected chi connectivity index (χ1v) is 18.8. The van der Waals surface area contributed by atoms with Gasteiger partial charge < -0.3 is 14.8 Å². The summed E-state index contributed by atoms with van der Waals surface area (Å²) in [7, 11) is -5.51. The van der Waals surface area contributed by atoms with Gasteiger partial charge in [0.25, 0.3) is 26.0 Å². The second kappa shape index (κ2) is 14.2. The highest BCUT2D eigenvalue weighted by Crippen LogP contribution is 2.40. The number of amides is 1. The summed E-state index contributed by atoms with van der Waals surface area (Å²) in [5.41, 5.74) is 4.23. The van der Waals surface area contributed by atoms with E-state index in [1.807, 2.05) is 44.2 Å². The standard InChI is InChI=1S/C38H36N4O7S2/c1-25-10-14-28(15-11-25)40-50(44,45)36-22-30(18-20-34(36)48-3)39-32-24-33(27-8-6-5-7-9-27)42(38(32)43)31-19-21-35(49-4)37(23-31)51(46,47)41-29-16-12-26(2)13-17-29/h5-24,33,39-41H,1-4H3. The predicted octanol–water partition coefficient (Wildman–Crippen LogP) is 7.01. The normalized spacial score (nSPS) is 14.5. The average molecular weight is 725 g/mol. The molecule has 13 heteroatoms. The number of hydrogen-bond acceptors (Lipinski definition) is 8. The zero-order chi connectivity index (χ0) is 36.3. The maximum Gasteiger partial charge on any atom is 0.275 e. The second-order valence-electron chi connectivity index (χ2n) is 11.9. The van der Waals surface area contributed by atoms with Gasteiger partial charge in [0.1, 0.15) is 27.0 Å². The summed E-state index contributed by atoms with van der Waals surface area (Å²) in [5.74, 6) is -0.262. The Morgan fingerprint density at radius 1 is 0.608 bits per heavy atom. The lowest BCUT2D eigenvalue weighted by atomic mass is 10.1. The van der Waals surface area contributed by atoms with Gasteiger partial charge >= 0.3 is 0 Å². The van der Waals surface area contributed by atoms with E-state index < -0.39 is 32.0 Å². The summed E-state index contributed by atoms with van der Waals surface area (Å²) < 4.78 is 70.4. The molecule has 262 valence electrons. The molecule has 0 aliphatic carbocycles. The Bertz CT molecular complexity index is 2330. The van der Waals surface area contributed by atoms with Crippen molar-refractivity contribution in [1.82, 2.24) is 0 Å². The Balaban J connectivity index is 1.35. The lowest BCUT2D eigenvalue weighted by molar-refractivity contribution is -0.114. The van der Waals surface area contributed by atoms with Gasteiger partial charge in [-0.05, 0) is 86.2 Å². The fraction of sp³-hybridized carbons (Fsp3) is 0.132. The molecule has 1 amide bonds. The van der Waals surface area contributed by atoms with Crippen molar-refractivity contribution in [2.75, 3.05) is 33.9 Å². The number of carbonyl (C=O) groups excluding carboxylic acids is 1. The van der Waals surface area contributed by atoms with Crippen LogP contribution in [-0.4, -0.2) is 37.0 Å². The largest absolute Gasteiger partial charge is 0.495 e. The molecule has 0 saturated carbocycles. The Kier molecular flexibility index (Phi) is 9.77. The first-order chi connectivity index (χ1) is 24.4. The smallest absolute Gasteiger partial charge is 0.275 e. The van der Waals surface area contributed by atoms with Gasteiger partial charge in [-0.25, -0.2) is 16.8 Å². The fourth-order valence-electron chi connectivity index (χ4n) is 5.64. The van der Waals surface area contributed by atoms with Crippen molar-refractivity contribution >= 4 is 48.7 Å². The van der Waals surface area contributed by atoms with Crippen molar-refractivity contribution in [3.05, 3.63) is 144 Å². The van der Waals surface area contributed by atoms with Crippen LogP contribution in [0.5, 0.6) is 11.5 Å². The average Bonchev–Trinajstić information content (AvgIpc) is 3.45. The van der Waals surface area contributed by atoms with E-state index in [2.05, 4.69) is 14.8 Å². The summed E-state index contributed by atoms with van der Waals surface area (Å²) in [4.78, 5) is 15.4. The molecule has 1 atom stereocenters. The van der Waals surface area contributed by atoms with E-state index >= 15 is 0 Å². The van der Waals surface area contributed by atoms with Crippen LogP contribution in [0.25, 0.3) is 0 Å². The highest BCUT2D eigenvalue weighted by Gasteiger charge is 2.36. The van der Waals surface area contributed by atoms with Crippen LogP contribution in [0.2, 0.25) is 0 Å². The molecule has 11 nitrogen and oxygen atoms in total. The minimum absolute atomic E-state index is 0.0961. The number of hydrogen-bond donors (Lipinski definition) is 3. The molecule has 0 radical (unpaired) electrons. The van der Waals surface area contributed by atoms with Gasteiger partial charge in [0.2, 0.25) is 0 Å². The molecule has 1 aliphatic heterocycles. The summed E-state index contributed by atoms with van der Waals surface area (Å²) in [6.07, 6.45) is 1.71. The molecule has 1 unspecified atom stereocenters. The summed E-state index contributed by atoms with van der Waals surface area (Å²) in [5, 5.41) is 3.10. The molecular formula is C38H36N4O7S2. The first kappa shape index (κ1) is 35.1. The zero-order valence-electron chi connectivity index (χ0n) is 28.2. The molecule has 0 aromatic heterocycles. The van der Waals surface area contributed by atoms with Gasteiger partial charge in [-0.1, -0.05) is 65.7 Å². The Morgan fingerprint density at radius 2 is 1.10 bits per heavy atom. The van der Waals surface area contributed by atoms with Crippen molar-refractivity contribution in [2.45, 2.75) is 29.7 Å². The third-order valence-corrected chi connectivity index (χ3v) is 11.1. The summed E-state index contributed by atoms with van der Waals surface area (Å²) >= 11 is 0. The van der Waals surface area contributed by atoms with Crippen LogP contribution in [0.3, 0.4) is 0 Å². The molecule has 5 aromatic rings. The third-order valence-electron chi connectivity index (χ3n) is 8.25. The van der Waals surface area contributed by atoms with E-state index in [0.717, 1.165) is 16.7 Å². The molecule has 3 N–H and O–H groups in total. The van der Waals surface area contributed by atoms with Crippen molar-refractivity contribution in [3.8, 4) is 11.5 Å². The summed E-state index contributed by atoms with van der Waals surface area (Å²) in [6, 6.07) is 31.4. The number of benzene rings is 5. The number of sulfonamides is 2. The van der Waals surface area contributed by atoms with E-state index in [1.54, 1.807) is 66.7 Å². The van der Waals surface area contributed by atoms with Crippen molar-refractivity contribution < 1.29 is 31.1 Å². The lowest BCUT2D eigenvalue weighted by Gasteiger charge is -2.26. The number of nitrogens with zero attached hydrogens (tertiary/aromatic N) is 1. The van der Waals surface area contributed by atoms with Gasteiger partial charge in [0.15, 0.2) is 0 Å². The van der Waals surface area contributed by atoms with Crippen LogP contribution in [0.4, 0.5) is 22.7 Å². The Morgan fingerprint density at radius 3 is 1.63 bits per heavy atom. The van der Waals surface area contributed by atoms with Gasteiger partial charge in [-0.15, -0.1) is 0 Å². The van der Waals surface area contributed by atoms with Crippen molar-refractivity contribution in [1.29, 1.82) is 0 Å². The number of anilines is 4. The fourth-order valence-corrected chi connectivity index (χ4v) is 8.14. The van der Waals surface area contributed by atoms with E-state index in [9.17, 15) is 21.6 Å². The van der Waals surface area contributed by atoms with Crippen LogP contribution in [0, 0.1) is 13.8 Å². The van der Waals surface area contributed by atoms with Crippen LogP contribution < -0.4 is 29.1 Å². The van der Waals surface area contributed by atoms with E-state index in [1.165, 1.54) is 43.4 Å². The minimum atomic E-state index is -4.15. The van der Waals surface area contributed by atoms with E-state index in [-0.39, 0.29) is 27.0 Å². The molecule has 5 aromatic carbocycles. The molecule has 51 heavy (non-hydrogen) atoms. The predicted molar refractivity (Wildman–Crippen MR) is 198 cm³/mol. The number of ether oxygens (including phenoxy) is 2. The number of methoxy groups -OCH3 is 2. The second-order valence-corrected chi connectivity index (χ2v) is 15.2. The van der Waals surface area contributed by atoms with Crippen LogP contribution in [0.1, 0.15) is 22.7 Å². The maximum atomic E-state index is 14.2. The SMILES string of the molecule is COc1ccc(NC2=CC(c3ccccc3)N(c3ccc(OC)c(S(=O)(=O)Nc4ccc(C)cc4)c3)C2=O)cc1S(=O)(=O)Nc1ccc(C)cc1. The third kappa shape index (κ3) is 7.54. The number of nitrogens with one attached hydrogen (secondary N) is 3. The van der Waals surface area contributed by atoms with Crippen LogP contribution >= 0.6 is 0 Å². The molecule has 0 fully saturated rings. The van der Waals surface area contributed by atoms with Gasteiger partial charge in [0.05, 0.1) is 20.3 Å². The quantitative estimate of drug-likeness (QED) is 0.125. The van der Waals surface area contributed by atoms with Crippen LogP contribution in [-0.2, 0) is 24.8 Å². The monoisotopic (exact) mass is 724 g/mol. The lowest BCUT2D eigenvalue weighted by Crippen LogP contribution is -2.31. The number of rotatable bonds is 12. The molecule has 0 saturated heterocycles. The molecule has 0 spiro atoms. The first-order valence-electron chi connectivity index (χ1n) is 15.8. The zero-order valence-corrected chi connectivity index (χ0v) is 29.9. The van der Waals surface area contributed by atoms with Gasteiger partial charge in [-0.3, -0.25) is 19.1 Å². The van der Waals surface area contributed by atoms with Gasteiger partial charge in [-0.2, -0.15) is 0 Å². The molecular weight excluding hydrogens is 689 g/mol. The number of aryl methyl sites for hydroxylation is 2. The van der Waals surface area contributed by atoms with Crippen molar-refractivity contribution in [2.24, 2.45) is 0 Å². The van der Waals surface area contributed by atoms with Gasteiger partial charge in [0, 0.05) is 22.7 Å². The number of carbonyl (C=O) groups is 1. The Hall–Kier alpha value is -5.79. The maximum absolute atomic E-state index is 14.2.